The zero-order valence-electron chi connectivity index (χ0n) is 6.86. The van der Waals surface area contributed by atoms with Crippen molar-refractivity contribution in [3.8, 4) is 0 Å². The lowest BCUT2D eigenvalue weighted by Gasteiger charge is -1.99. The zero-order valence-corrected chi connectivity index (χ0v) is 6.86. The lowest BCUT2D eigenvalue weighted by atomic mass is 10.1. The van der Waals surface area contributed by atoms with E-state index in [9.17, 15) is 4.79 Å². The van der Waals surface area contributed by atoms with E-state index in [1.807, 2.05) is 0 Å². The molecule has 2 aliphatic rings. The average Bonchev–Trinajstić information content (AvgIpc) is 2.55. The first-order valence-corrected chi connectivity index (χ1v) is 4.58. The first-order chi connectivity index (χ1) is 5.36. The largest absolute Gasteiger partial charge is 0.299 e. The third kappa shape index (κ3) is 1.37. The fourth-order valence-electron chi connectivity index (χ4n) is 2.16. The van der Waals surface area contributed by atoms with Gasteiger partial charge in [0.25, 0.3) is 0 Å². The summed E-state index contributed by atoms with van der Waals surface area (Å²) in [5, 5.41) is 0. The average molecular weight is 150 g/mol. The highest BCUT2D eigenvalue weighted by Crippen LogP contribution is 2.33. The summed E-state index contributed by atoms with van der Waals surface area (Å²) in [7, 11) is 0. The molecule has 2 aliphatic carbocycles. The third-order valence-electron chi connectivity index (χ3n) is 2.82. The van der Waals surface area contributed by atoms with Crippen LogP contribution in [-0.4, -0.2) is 5.78 Å². The summed E-state index contributed by atoms with van der Waals surface area (Å²) in [5.74, 6) is 0.458. The highest BCUT2D eigenvalue weighted by molar-refractivity contribution is 5.84. The maximum absolute atomic E-state index is 11.0. The van der Waals surface area contributed by atoms with Gasteiger partial charge in [0.05, 0.1) is 0 Å². The standard InChI is InChI=1S/C10H14O/c11-10-6-5-9(7-10)8-3-1-2-4-8/h1-7H2. The minimum atomic E-state index is 0.458. The summed E-state index contributed by atoms with van der Waals surface area (Å²) >= 11 is 0. The predicted octanol–water partition coefficient (Wildman–Crippen LogP) is 2.61. The quantitative estimate of drug-likeness (QED) is 0.485. The number of carbonyl (C=O) groups is 1. The van der Waals surface area contributed by atoms with Crippen LogP contribution in [0, 0.1) is 0 Å². The van der Waals surface area contributed by atoms with Crippen molar-refractivity contribution in [2.75, 3.05) is 0 Å². The number of Topliss-reactive ketones (excluding diaryl/α,β-unsaturated/α-hetero) is 1. The fraction of sp³-hybridized carbons (Fsp3) is 0.700. The van der Waals surface area contributed by atoms with Gasteiger partial charge in [0.1, 0.15) is 5.78 Å². The highest BCUT2D eigenvalue weighted by Gasteiger charge is 2.20. The van der Waals surface area contributed by atoms with Crippen molar-refractivity contribution in [1.29, 1.82) is 0 Å². The second kappa shape index (κ2) is 2.80. The summed E-state index contributed by atoms with van der Waals surface area (Å²) in [5.41, 5.74) is 3.11. The molecule has 2 fully saturated rings. The Kier molecular flexibility index (Phi) is 1.80. The van der Waals surface area contributed by atoms with E-state index in [1.165, 1.54) is 31.3 Å². The van der Waals surface area contributed by atoms with Gasteiger partial charge in [-0.3, -0.25) is 4.79 Å². The Labute approximate surface area is 67.5 Å². The summed E-state index contributed by atoms with van der Waals surface area (Å²) in [6.45, 7) is 0. The number of hydrogen-bond donors (Lipinski definition) is 0. The monoisotopic (exact) mass is 150 g/mol. The van der Waals surface area contributed by atoms with Crippen LogP contribution in [0.25, 0.3) is 0 Å². The summed E-state index contributed by atoms with van der Waals surface area (Å²) < 4.78 is 0. The Hall–Kier alpha value is -0.590. The molecule has 0 saturated heterocycles. The van der Waals surface area contributed by atoms with Crippen molar-refractivity contribution in [3.63, 3.8) is 0 Å². The molecule has 1 nitrogen and oxygen atoms in total. The van der Waals surface area contributed by atoms with Gasteiger partial charge in [0.2, 0.25) is 0 Å². The van der Waals surface area contributed by atoms with Crippen LogP contribution in [0.5, 0.6) is 0 Å². The molecule has 0 amide bonds. The number of allylic oxidation sites excluding steroid dienone is 2. The number of hydrogen-bond acceptors (Lipinski definition) is 1. The molecule has 0 spiro atoms. The Morgan fingerprint density at radius 3 is 2.09 bits per heavy atom. The van der Waals surface area contributed by atoms with E-state index < -0.39 is 0 Å². The number of rotatable bonds is 0. The molecule has 0 aromatic heterocycles. The number of carbonyl (C=O) groups excluding carboxylic acids is 1. The van der Waals surface area contributed by atoms with Gasteiger partial charge in [0.15, 0.2) is 0 Å². The molecule has 60 valence electrons. The second-order valence-corrected chi connectivity index (χ2v) is 3.63. The van der Waals surface area contributed by atoms with E-state index in [-0.39, 0.29) is 0 Å². The zero-order chi connectivity index (χ0) is 7.68. The van der Waals surface area contributed by atoms with Gasteiger partial charge in [-0.25, -0.2) is 0 Å². The molecule has 0 atom stereocenters. The van der Waals surface area contributed by atoms with Gasteiger partial charge in [0, 0.05) is 12.8 Å². The molecule has 0 bridgehead atoms. The van der Waals surface area contributed by atoms with Gasteiger partial charge in [-0.2, -0.15) is 0 Å². The summed E-state index contributed by atoms with van der Waals surface area (Å²) in [6.07, 6.45) is 7.95. The fourth-order valence-corrected chi connectivity index (χ4v) is 2.16. The van der Waals surface area contributed by atoms with Crippen LogP contribution in [0.2, 0.25) is 0 Å². The van der Waals surface area contributed by atoms with Crippen LogP contribution in [0.15, 0.2) is 11.1 Å². The molecular formula is C10H14O. The molecule has 2 rings (SSSR count). The maximum atomic E-state index is 11.0. The minimum absolute atomic E-state index is 0.458. The van der Waals surface area contributed by atoms with Gasteiger partial charge in [-0.15, -0.1) is 0 Å². The van der Waals surface area contributed by atoms with E-state index in [0.29, 0.717) is 5.78 Å². The van der Waals surface area contributed by atoms with Gasteiger partial charge in [-0.1, -0.05) is 11.1 Å². The van der Waals surface area contributed by atoms with Gasteiger partial charge >= 0.3 is 0 Å². The van der Waals surface area contributed by atoms with Gasteiger partial charge < -0.3 is 0 Å². The summed E-state index contributed by atoms with van der Waals surface area (Å²) in [4.78, 5) is 11.0. The van der Waals surface area contributed by atoms with Crippen LogP contribution in [-0.2, 0) is 4.79 Å². The smallest absolute Gasteiger partial charge is 0.137 e. The van der Waals surface area contributed by atoms with Crippen molar-refractivity contribution in [3.05, 3.63) is 11.1 Å². The Morgan fingerprint density at radius 1 is 0.818 bits per heavy atom. The first-order valence-electron chi connectivity index (χ1n) is 4.58. The maximum Gasteiger partial charge on any atom is 0.137 e. The van der Waals surface area contributed by atoms with Crippen LogP contribution < -0.4 is 0 Å². The second-order valence-electron chi connectivity index (χ2n) is 3.63. The number of ketones is 1. The molecular weight excluding hydrogens is 136 g/mol. The predicted molar refractivity (Wildman–Crippen MR) is 44.4 cm³/mol. The Balaban J connectivity index is 2.13. The normalized spacial score (nSPS) is 25.3. The van der Waals surface area contributed by atoms with E-state index in [1.54, 1.807) is 5.57 Å². The lowest BCUT2D eigenvalue weighted by molar-refractivity contribution is -0.117. The lowest BCUT2D eigenvalue weighted by Crippen LogP contribution is -1.86. The Bertz CT molecular complexity index is 205. The van der Waals surface area contributed by atoms with Crippen molar-refractivity contribution in [1.82, 2.24) is 0 Å². The van der Waals surface area contributed by atoms with Crippen molar-refractivity contribution in [2.45, 2.75) is 44.9 Å². The SMILES string of the molecule is O=C1CCC(=C2CCCC2)C1. The van der Waals surface area contributed by atoms with Crippen LogP contribution >= 0.6 is 0 Å². The topological polar surface area (TPSA) is 17.1 Å². The molecule has 0 N–H and O–H groups in total. The molecule has 0 aromatic rings. The van der Waals surface area contributed by atoms with Crippen LogP contribution in [0.4, 0.5) is 0 Å². The molecule has 1 heteroatoms. The Morgan fingerprint density at radius 2 is 1.55 bits per heavy atom. The van der Waals surface area contributed by atoms with Crippen LogP contribution in [0.3, 0.4) is 0 Å². The highest BCUT2D eigenvalue weighted by atomic mass is 16.1. The molecule has 0 aliphatic heterocycles. The third-order valence-corrected chi connectivity index (χ3v) is 2.82. The molecule has 2 saturated carbocycles. The van der Waals surface area contributed by atoms with Crippen molar-refractivity contribution in [2.24, 2.45) is 0 Å². The molecule has 0 unspecified atom stereocenters. The minimum Gasteiger partial charge on any atom is -0.299 e. The molecule has 0 heterocycles. The van der Waals surface area contributed by atoms with E-state index in [4.69, 9.17) is 0 Å². The van der Waals surface area contributed by atoms with E-state index in [0.717, 1.165) is 19.3 Å². The summed E-state index contributed by atoms with van der Waals surface area (Å²) in [6, 6.07) is 0. The molecule has 0 radical (unpaired) electrons. The van der Waals surface area contributed by atoms with E-state index in [2.05, 4.69) is 0 Å². The molecule has 0 aromatic carbocycles. The van der Waals surface area contributed by atoms with Crippen molar-refractivity contribution >= 4 is 5.78 Å². The van der Waals surface area contributed by atoms with E-state index >= 15 is 0 Å². The van der Waals surface area contributed by atoms with Gasteiger partial charge in [-0.05, 0) is 32.1 Å². The van der Waals surface area contributed by atoms with Crippen molar-refractivity contribution < 1.29 is 4.79 Å². The molecule has 11 heavy (non-hydrogen) atoms. The first kappa shape index (κ1) is 7.08. The van der Waals surface area contributed by atoms with Crippen LogP contribution in [0.1, 0.15) is 44.9 Å².